The summed E-state index contributed by atoms with van der Waals surface area (Å²) in [5.74, 6) is 13.8. The van der Waals surface area contributed by atoms with E-state index in [9.17, 15) is 0 Å². The third-order valence-corrected chi connectivity index (χ3v) is 13.0. The van der Waals surface area contributed by atoms with E-state index < -0.39 is 0 Å². The first kappa shape index (κ1) is 8.56. The zero-order valence-corrected chi connectivity index (χ0v) is 12.1. The Kier molecular flexibility index (Phi) is 0.660. The largest absolute Gasteiger partial charge is 0.327 e. The van der Waals surface area contributed by atoms with Crippen LogP contribution in [-0.4, -0.2) is 6.04 Å². The minimum atomic E-state index is 0.649. The summed E-state index contributed by atoms with van der Waals surface area (Å²) in [5.41, 5.74) is 10.5. The molecule has 3 spiro atoms. The van der Waals surface area contributed by atoms with Gasteiger partial charge in [0.2, 0.25) is 0 Å². The highest BCUT2D eigenvalue weighted by atomic mass is 15.3. The van der Waals surface area contributed by atoms with Gasteiger partial charge in [0.1, 0.15) is 0 Å². The van der Waals surface area contributed by atoms with Gasteiger partial charge in [0.25, 0.3) is 0 Å². The second kappa shape index (κ2) is 1.54. The molecular formula is C19H21N. The topological polar surface area (TPSA) is 26.0 Å². The van der Waals surface area contributed by atoms with Crippen molar-refractivity contribution in [3.63, 3.8) is 0 Å². The zero-order valence-electron chi connectivity index (χ0n) is 12.1. The van der Waals surface area contributed by atoms with Gasteiger partial charge in [0, 0.05) is 6.04 Å². The second-order valence-electron chi connectivity index (χ2n) is 11.2. The fourth-order valence-corrected chi connectivity index (χ4v) is 14.2. The lowest BCUT2D eigenvalue weighted by Crippen LogP contribution is -2.59. The van der Waals surface area contributed by atoms with E-state index in [1.807, 2.05) is 0 Å². The van der Waals surface area contributed by atoms with E-state index in [1.54, 1.807) is 0 Å². The maximum atomic E-state index is 6.89. The number of hydrogen-bond acceptors (Lipinski definition) is 1. The zero-order chi connectivity index (χ0) is 12.5. The summed E-state index contributed by atoms with van der Waals surface area (Å²) in [6.07, 6.45) is 0. The molecule has 10 saturated carbocycles. The molecule has 0 amide bonds. The van der Waals surface area contributed by atoms with Gasteiger partial charge in [-0.15, -0.1) is 0 Å². The maximum absolute atomic E-state index is 6.89. The van der Waals surface area contributed by atoms with E-state index >= 15 is 0 Å². The molecule has 17 atom stereocenters. The molecule has 0 aliphatic heterocycles. The third-order valence-electron chi connectivity index (χ3n) is 13.0. The van der Waals surface area contributed by atoms with Crippen molar-refractivity contribution < 1.29 is 0 Å². The van der Waals surface area contributed by atoms with Gasteiger partial charge in [-0.25, -0.2) is 0 Å². The SMILES string of the molecule is CC1C2C3[C@@H]4[C@@H]3[C@H]3[C@@H](N)[C@@H]5C([C@H]43)[C@@]3(C)C46C([C@H]7C1[C@]274)[C@@]563. The molecule has 2 N–H and O–H groups in total. The van der Waals surface area contributed by atoms with Crippen molar-refractivity contribution in [2.24, 2.45) is 98.4 Å². The number of hydrogen-bond donors (Lipinski definition) is 1. The fourth-order valence-electron chi connectivity index (χ4n) is 14.2. The van der Waals surface area contributed by atoms with Gasteiger partial charge in [-0.2, -0.15) is 0 Å². The first-order chi connectivity index (χ1) is 9.68. The van der Waals surface area contributed by atoms with Crippen LogP contribution >= 0.6 is 0 Å². The molecule has 0 aromatic heterocycles. The molecule has 0 bridgehead atoms. The van der Waals surface area contributed by atoms with Gasteiger partial charge in [-0.1, -0.05) is 13.8 Å². The Balaban J connectivity index is 1.39. The molecule has 0 aromatic rings. The minimum Gasteiger partial charge on any atom is -0.327 e. The summed E-state index contributed by atoms with van der Waals surface area (Å²) in [5, 5.41) is 0. The minimum absolute atomic E-state index is 0.649. The van der Waals surface area contributed by atoms with Crippen molar-refractivity contribution in [2.45, 2.75) is 19.9 Å². The van der Waals surface area contributed by atoms with Gasteiger partial charge in [0.05, 0.1) is 0 Å². The summed E-state index contributed by atoms with van der Waals surface area (Å²) in [6.45, 7) is 5.40. The molecular weight excluding hydrogens is 242 g/mol. The van der Waals surface area contributed by atoms with Gasteiger partial charge < -0.3 is 5.73 Å². The van der Waals surface area contributed by atoms with Crippen LogP contribution in [0, 0.1) is 92.7 Å². The van der Waals surface area contributed by atoms with Crippen molar-refractivity contribution in [3.8, 4) is 0 Å². The van der Waals surface area contributed by atoms with Crippen molar-refractivity contribution in [1.29, 1.82) is 0 Å². The smallest absolute Gasteiger partial charge is 0.0110 e. The van der Waals surface area contributed by atoms with Crippen LogP contribution in [0.3, 0.4) is 0 Å². The number of nitrogens with two attached hydrogens (primary N) is 1. The van der Waals surface area contributed by atoms with Crippen LogP contribution in [0.1, 0.15) is 13.8 Å². The summed E-state index contributed by atoms with van der Waals surface area (Å²) in [4.78, 5) is 0. The summed E-state index contributed by atoms with van der Waals surface area (Å²) >= 11 is 0. The van der Waals surface area contributed by atoms with E-state index in [2.05, 4.69) is 13.8 Å². The van der Waals surface area contributed by atoms with Crippen LogP contribution in [0.4, 0.5) is 0 Å². The highest BCUT2D eigenvalue weighted by molar-refractivity contribution is 5.75. The van der Waals surface area contributed by atoms with E-state index in [-0.39, 0.29) is 0 Å². The van der Waals surface area contributed by atoms with Crippen LogP contribution < -0.4 is 5.73 Å². The molecule has 10 fully saturated rings. The van der Waals surface area contributed by atoms with E-state index in [0.717, 1.165) is 57.2 Å². The molecule has 0 aromatic carbocycles. The predicted octanol–water partition coefficient (Wildman–Crippen LogP) is 1.83. The molecule has 0 radical (unpaired) electrons. The van der Waals surface area contributed by atoms with Crippen LogP contribution in [-0.2, 0) is 0 Å². The summed E-state index contributed by atoms with van der Waals surface area (Å²) < 4.78 is 0. The van der Waals surface area contributed by atoms with Crippen molar-refractivity contribution in [1.82, 2.24) is 0 Å². The normalized spacial score (nSPS) is 109. The van der Waals surface area contributed by atoms with Crippen molar-refractivity contribution >= 4 is 0 Å². The van der Waals surface area contributed by atoms with Crippen LogP contribution in [0.5, 0.6) is 0 Å². The first-order valence-electron chi connectivity index (χ1n) is 9.43. The third kappa shape index (κ3) is 0.306. The lowest BCUT2D eigenvalue weighted by molar-refractivity contribution is -0.149. The van der Waals surface area contributed by atoms with Crippen LogP contribution in [0.15, 0.2) is 0 Å². The predicted molar refractivity (Wildman–Crippen MR) is 70.9 cm³/mol. The highest BCUT2D eigenvalue weighted by Gasteiger charge is 3.29. The Morgan fingerprint density at radius 1 is 0.800 bits per heavy atom. The fraction of sp³-hybridized carbons (Fsp3) is 1.00. The second-order valence-corrected chi connectivity index (χ2v) is 11.2. The first-order valence-corrected chi connectivity index (χ1v) is 9.43. The van der Waals surface area contributed by atoms with Crippen molar-refractivity contribution in [3.05, 3.63) is 0 Å². The lowest BCUT2D eigenvalue weighted by atomic mass is 9.43. The molecule has 1 nitrogen and oxygen atoms in total. The Hall–Kier alpha value is -0.0400. The summed E-state index contributed by atoms with van der Waals surface area (Å²) in [6, 6.07) is 0.649. The Labute approximate surface area is 119 Å². The molecule has 7 unspecified atom stereocenters. The monoisotopic (exact) mass is 263 g/mol. The van der Waals surface area contributed by atoms with Crippen LogP contribution in [0.25, 0.3) is 0 Å². The maximum Gasteiger partial charge on any atom is 0.0110 e. The van der Waals surface area contributed by atoms with Gasteiger partial charge in [0.15, 0.2) is 0 Å². The average molecular weight is 263 g/mol. The van der Waals surface area contributed by atoms with Gasteiger partial charge in [-0.3, -0.25) is 0 Å². The van der Waals surface area contributed by atoms with Crippen LogP contribution in [0.2, 0.25) is 0 Å². The number of fused-ring (bicyclic) bond motifs is 5. The van der Waals surface area contributed by atoms with Gasteiger partial charge in [-0.05, 0) is 92.7 Å². The summed E-state index contributed by atoms with van der Waals surface area (Å²) in [7, 11) is 0. The molecule has 102 valence electrons. The number of rotatable bonds is 0. The average Bonchev–Trinajstić information content (AvgIpc) is 3.28. The molecule has 10 rings (SSSR count). The Morgan fingerprint density at radius 3 is 2.40 bits per heavy atom. The molecule has 10 aliphatic rings. The van der Waals surface area contributed by atoms with E-state index in [0.29, 0.717) is 6.04 Å². The quantitative estimate of drug-likeness (QED) is 0.709. The lowest BCUT2D eigenvalue weighted by Gasteiger charge is -2.61. The molecule has 0 heterocycles. The van der Waals surface area contributed by atoms with Crippen molar-refractivity contribution in [2.75, 3.05) is 0 Å². The Morgan fingerprint density at radius 2 is 1.55 bits per heavy atom. The standard InChI is InChI=1S/C19H21N/c1-3-9-6-4-5(6)8-7(4)11-12(14(8)20)18-15-13-10(3)17(9,13)19(15,18)16(11,18)2/h3-15H,20H2,1-2H3/t3?,4-,5-,6?,7+,8+,9?,10?,11?,12-,13+,14+,15?,16+,17+,18+,19?/m0/s1. The molecule has 10 aliphatic carbocycles. The van der Waals surface area contributed by atoms with E-state index in [1.165, 1.54) is 35.5 Å². The molecule has 1 heteroatoms. The van der Waals surface area contributed by atoms with E-state index in [4.69, 9.17) is 5.73 Å². The van der Waals surface area contributed by atoms with Gasteiger partial charge >= 0.3 is 0 Å². The Bertz CT molecular complexity index is 759. The highest BCUT2D eigenvalue weighted by Crippen LogP contribution is 3.31. The molecule has 20 heavy (non-hydrogen) atoms. The molecule has 0 saturated heterocycles.